The third kappa shape index (κ3) is 3.57. The van der Waals surface area contributed by atoms with Crippen molar-refractivity contribution in [2.45, 2.75) is 58.9 Å². The summed E-state index contributed by atoms with van der Waals surface area (Å²) in [6.45, 7) is 10.8. The Balaban J connectivity index is 4.65. The van der Waals surface area contributed by atoms with Gasteiger partial charge in [-0.25, -0.2) is 0 Å². The van der Waals surface area contributed by atoms with Crippen molar-refractivity contribution < 1.29 is 8.99 Å². The maximum Gasteiger partial charge on any atom is 0.266 e. The minimum Gasteiger partial charge on any atom is -0.408 e. The van der Waals surface area contributed by atoms with Crippen molar-refractivity contribution in [3.63, 3.8) is 0 Å². The van der Waals surface area contributed by atoms with Gasteiger partial charge in [0.1, 0.15) is 8.01 Å². The molecule has 0 aliphatic carbocycles. The van der Waals surface area contributed by atoms with Crippen molar-refractivity contribution in [3.05, 3.63) is 0 Å². The van der Waals surface area contributed by atoms with Crippen LogP contribution in [0.25, 0.3) is 0 Å². The lowest BCUT2D eigenvalue weighted by molar-refractivity contribution is 0.257. The van der Waals surface area contributed by atoms with Crippen LogP contribution >= 0.6 is 8.01 Å². The molecule has 0 bridgehead atoms. The molecule has 1 unspecified atom stereocenters. The molecular formula is C9H23O2PSi2. The van der Waals surface area contributed by atoms with E-state index in [9.17, 15) is 4.57 Å². The van der Waals surface area contributed by atoms with Crippen LogP contribution in [0.2, 0.25) is 18.1 Å². The van der Waals surface area contributed by atoms with Crippen LogP contribution in [0, 0.1) is 0 Å². The summed E-state index contributed by atoms with van der Waals surface area (Å²) in [7, 11) is -2.46. The van der Waals surface area contributed by atoms with E-state index in [-0.39, 0.29) is 6.10 Å². The number of hydrogen-bond acceptors (Lipinski definition) is 2. The summed E-state index contributed by atoms with van der Waals surface area (Å²) in [6.07, 6.45) is 0.240. The van der Waals surface area contributed by atoms with Crippen molar-refractivity contribution in [2.24, 2.45) is 0 Å². The van der Waals surface area contributed by atoms with E-state index in [1.807, 2.05) is 13.8 Å². The third-order valence-corrected chi connectivity index (χ3v) is 23.4. The predicted octanol–water partition coefficient (Wildman–Crippen LogP) is 3.51. The van der Waals surface area contributed by atoms with Crippen molar-refractivity contribution in [3.8, 4) is 0 Å². The van der Waals surface area contributed by atoms with Gasteiger partial charge in [0, 0.05) is 6.10 Å². The summed E-state index contributed by atoms with van der Waals surface area (Å²) in [6, 6.07) is 3.66. The molecular weight excluding hydrogens is 227 g/mol. The number of hydrogen-bond donors (Lipinski definition) is 0. The number of rotatable bonds is 7. The molecule has 0 aliphatic rings. The average Bonchev–Trinajstić information content (AvgIpc) is 2.19. The first kappa shape index (κ1) is 14.5. The van der Waals surface area contributed by atoms with Gasteiger partial charge in [0.25, 0.3) is 8.23 Å². The van der Waals surface area contributed by atoms with Gasteiger partial charge in [-0.2, -0.15) is 0 Å². The Morgan fingerprint density at radius 2 is 1.64 bits per heavy atom. The Kier molecular flexibility index (Phi) is 7.13. The van der Waals surface area contributed by atoms with Crippen LogP contribution < -0.4 is 0 Å². The van der Waals surface area contributed by atoms with Crippen LogP contribution in [0.5, 0.6) is 0 Å². The minimum absolute atomic E-state index is 0.240. The van der Waals surface area contributed by atoms with Gasteiger partial charge < -0.3 is 4.43 Å². The Hall–Kier alpha value is 0.494. The molecule has 2 nitrogen and oxygen atoms in total. The molecule has 0 aromatic carbocycles. The van der Waals surface area contributed by atoms with Crippen LogP contribution in [0.3, 0.4) is 0 Å². The first-order valence-corrected chi connectivity index (χ1v) is 12.9. The van der Waals surface area contributed by atoms with Crippen LogP contribution in [-0.4, -0.2) is 21.9 Å². The SMILES string of the molecule is CC[Si](CC)(CC)[SiH](OC(C)C)P=O. The second-order valence-electron chi connectivity index (χ2n) is 4.07. The van der Waals surface area contributed by atoms with E-state index in [0.29, 0.717) is 8.01 Å². The average molecular weight is 250 g/mol. The molecule has 0 rings (SSSR count). The molecule has 0 N–H and O–H groups in total. The van der Waals surface area contributed by atoms with E-state index >= 15 is 0 Å². The van der Waals surface area contributed by atoms with Gasteiger partial charge in [-0.15, -0.1) is 0 Å². The Morgan fingerprint density at radius 1 is 1.21 bits per heavy atom. The molecule has 0 aromatic rings. The first-order chi connectivity index (χ1) is 6.56. The first-order valence-electron chi connectivity index (χ1n) is 5.54. The lowest BCUT2D eigenvalue weighted by Crippen LogP contribution is -2.49. The smallest absolute Gasteiger partial charge is 0.266 e. The Bertz CT molecular complexity index is 164. The monoisotopic (exact) mass is 250 g/mol. The summed E-state index contributed by atoms with van der Waals surface area (Å²) in [5, 5.41) is 0. The fraction of sp³-hybridized carbons (Fsp3) is 1.00. The van der Waals surface area contributed by atoms with Crippen LogP contribution in [0.1, 0.15) is 34.6 Å². The van der Waals surface area contributed by atoms with Gasteiger partial charge in [-0.3, -0.25) is 4.57 Å². The van der Waals surface area contributed by atoms with E-state index in [2.05, 4.69) is 20.8 Å². The second kappa shape index (κ2) is 6.88. The molecule has 0 amide bonds. The quantitative estimate of drug-likeness (QED) is 0.510. The lowest BCUT2D eigenvalue weighted by Gasteiger charge is -2.32. The largest absolute Gasteiger partial charge is 0.408 e. The maximum atomic E-state index is 11.2. The Morgan fingerprint density at radius 3 is 1.86 bits per heavy atom. The Labute approximate surface area is 92.0 Å². The maximum absolute atomic E-state index is 11.2. The normalized spacial score (nSPS) is 15.0. The van der Waals surface area contributed by atoms with Gasteiger partial charge in [0.15, 0.2) is 0 Å². The highest BCUT2D eigenvalue weighted by atomic mass is 31.4. The van der Waals surface area contributed by atoms with E-state index in [4.69, 9.17) is 4.43 Å². The molecule has 0 saturated carbocycles. The molecule has 0 radical (unpaired) electrons. The molecule has 1 atom stereocenters. The zero-order valence-corrected chi connectivity index (χ0v) is 13.1. The summed E-state index contributed by atoms with van der Waals surface area (Å²) in [5.74, 6) is 0. The van der Waals surface area contributed by atoms with Crippen LogP contribution in [0.4, 0.5) is 0 Å². The highest BCUT2D eigenvalue weighted by Gasteiger charge is 2.40. The van der Waals surface area contributed by atoms with Gasteiger partial charge in [-0.1, -0.05) is 38.9 Å². The molecule has 0 aliphatic heterocycles. The highest BCUT2D eigenvalue weighted by molar-refractivity contribution is 7.81. The van der Waals surface area contributed by atoms with E-state index in [0.717, 1.165) is 0 Å². The fourth-order valence-corrected chi connectivity index (χ4v) is 18.8. The summed E-state index contributed by atoms with van der Waals surface area (Å²) in [5.41, 5.74) is 0. The minimum atomic E-state index is -1.47. The molecule has 84 valence electrons. The van der Waals surface area contributed by atoms with Gasteiger partial charge in [0.2, 0.25) is 0 Å². The van der Waals surface area contributed by atoms with E-state index < -0.39 is 15.8 Å². The standard InChI is InChI=1S/C9H23O2PSi2/c1-6-14(7-2,8-3)13(12-10)11-9(4)5/h9,13H,6-8H2,1-5H3. The van der Waals surface area contributed by atoms with E-state index in [1.165, 1.54) is 18.1 Å². The predicted molar refractivity (Wildman–Crippen MR) is 68.2 cm³/mol. The third-order valence-electron chi connectivity index (χ3n) is 3.13. The van der Waals surface area contributed by atoms with Crippen molar-refractivity contribution in [1.82, 2.24) is 0 Å². The molecule has 0 heterocycles. The topological polar surface area (TPSA) is 26.3 Å². The lowest BCUT2D eigenvalue weighted by atomic mass is 10.5. The molecule has 0 saturated heterocycles. The molecule has 0 aromatic heterocycles. The van der Waals surface area contributed by atoms with E-state index in [1.54, 1.807) is 0 Å². The summed E-state index contributed by atoms with van der Waals surface area (Å²) in [4.78, 5) is 0. The molecule has 0 fully saturated rings. The van der Waals surface area contributed by atoms with Crippen molar-refractivity contribution >= 4 is 23.8 Å². The summed E-state index contributed by atoms with van der Waals surface area (Å²) < 4.78 is 17.1. The molecule has 5 heteroatoms. The zero-order valence-electron chi connectivity index (χ0n) is 10.0. The van der Waals surface area contributed by atoms with Crippen molar-refractivity contribution in [2.75, 3.05) is 0 Å². The van der Waals surface area contributed by atoms with Crippen molar-refractivity contribution in [1.29, 1.82) is 0 Å². The summed E-state index contributed by atoms with van der Waals surface area (Å²) >= 11 is 0. The van der Waals surface area contributed by atoms with Crippen LogP contribution in [0.15, 0.2) is 0 Å². The molecule has 0 spiro atoms. The van der Waals surface area contributed by atoms with Crippen LogP contribution in [-0.2, 0) is 8.99 Å². The van der Waals surface area contributed by atoms with Gasteiger partial charge >= 0.3 is 0 Å². The second-order valence-corrected chi connectivity index (χ2v) is 18.8. The molecule has 14 heavy (non-hydrogen) atoms. The highest BCUT2D eigenvalue weighted by Crippen LogP contribution is 2.29. The zero-order chi connectivity index (χ0) is 11.2. The van der Waals surface area contributed by atoms with Gasteiger partial charge in [-0.05, 0) is 13.8 Å². The fourth-order valence-electron chi connectivity index (χ4n) is 1.81. The van der Waals surface area contributed by atoms with Gasteiger partial charge in [0.05, 0.1) is 7.59 Å².